The van der Waals surface area contributed by atoms with E-state index in [0.717, 1.165) is 12.0 Å². The Morgan fingerprint density at radius 2 is 1.70 bits per heavy atom. The Morgan fingerprint density at radius 3 is 2.23 bits per heavy atom. The summed E-state index contributed by atoms with van der Waals surface area (Å²) in [5.41, 5.74) is 1.64. The van der Waals surface area contributed by atoms with E-state index in [9.17, 15) is 13.2 Å². The van der Waals surface area contributed by atoms with Crippen molar-refractivity contribution < 1.29 is 17.9 Å². The van der Waals surface area contributed by atoms with Gasteiger partial charge in [-0.1, -0.05) is 44.2 Å². The molecule has 2 aromatic carbocycles. The summed E-state index contributed by atoms with van der Waals surface area (Å²) in [5.74, 6) is 1.02. The van der Waals surface area contributed by atoms with Crippen molar-refractivity contribution >= 4 is 21.6 Å². The van der Waals surface area contributed by atoms with Crippen LogP contribution < -0.4 is 14.4 Å². The average Bonchev–Trinajstić information content (AvgIpc) is 2.70. The molecule has 2 rings (SSSR count). The Balaban J connectivity index is 1.98. The van der Waals surface area contributed by atoms with Gasteiger partial charge in [-0.2, -0.15) is 0 Å². The zero-order valence-electron chi connectivity index (χ0n) is 18.2. The lowest BCUT2D eigenvalue weighted by molar-refractivity contribution is -0.122. The first-order valence-electron chi connectivity index (χ1n) is 10.2. The van der Waals surface area contributed by atoms with Crippen molar-refractivity contribution in [1.29, 1.82) is 0 Å². The van der Waals surface area contributed by atoms with Crippen LogP contribution in [0.4, 0.5) is 5.69 Å². The Kier molecular flexibility index (Phi) is 8.72. The van der Waals surface area contributed by atoms with Crippen molar-refractivity contribution in [2.24, 2.45) is 5.92 Å². The number of nitrogens with one attached hydrogen (secondary N) is 1. The Labute approximate surface area is 180 Å². The molecule has 1 amide bonds. The molecule has 1 atom stereocenters. The summed E-state index contributed by atoms with van der Waals surface area (Å²) >= 11 is 0. The van der Waals surface area contributed by atoms with Crippen LogP contribution in [0.2, 0.25) is 0 Å². The van der Waals surface area contributed by atoms with Crippen molar-refractivity contribution in [1.82, 2.24) is 5.32 Å². The lowest BCUT2D eigenvalue weighted by atomic mass is 9.97. The maximum absolute atomic E-state index is 12.6. The van der Waals surface area contributed by atoms with Crippen LogP contribution in [0.1, 0.15) is 44.7 Å². The van der Waals surface area contributed by atoms with Crippen LogP contribution in [-0.2, 0) is 14.8 Å². The zero-order valence-corrected chi connectivity index (χ0v) is 19.0. The third-order valence-electron chi connectivity index (χ3n) is 4.77. The van der Waals surface area contributed by atoms with Crippen LogP contribution in [0.3, 0.4) is 0 Å². The fourth-order valence-corrected chi connectivity index (χ4v) is 4.29. The molecule has 30 heavy (non-hydrogen) atoms. The third-order valence-corrected chi connectivity index (χ3v) is 5.96. The van der Waals surface area contributed by atoms with Crippen LogP contribution in [-0.4, -0.2) is 34.2 Å². The fraction of sp³-hybridized carbons (Fsp3) is 0.435. The highest BCUT2D eigenvalue weighted by atomic mass is 32.2. The summed E-state index contributed by atoms with van der Waals surface area (Å²) < 4.78 is 30.9. The quantitative estimate of drug-likeness (QED) is 0.579. The second-order valence-corrected chi connectivity index (χ2v) is 9.70. The van der Waals surface area contributed by atoms with E-state index in [2.05, 4.69) is 19.2 Å². The molecule has 0 saturated heterocycles. The lowest BCUT2D eigenvalue weighted by Gasteiger charge is -2.23. The molecule has 0 radical (unpaired) electrons. The molecule has 164 valence electrons. The summed E-state index contributed by atoms with van der Waals surface area (Å²) in [4.78, 5) is 12.6. The predicted octanol–water partition coefficient (Wildman–Crippen LogP) is 4.15. The first-order chi connectivity index (χ1) is 14.2. The maximum Gasteiger partial charge on any atom is 0.232 e. The number of methoxy groups -OCH3 is 1. The van der Waals surface area contributed by atoms with Crippen molar-refractivity contribution in [2.75, 3.05) is 24.2 Å². The SMILES string of the molecule is COc1ccc(N(CCCC(=O)N[C@H](CC(C)C)c2ccccc2)S(C)(=O)=O)cc1. The molecule has 6 nitrogen and oxygen atoms in total. The standard InChI is InChI=1S/C23H32N2O4S/c1-18(2)17-22(19-9-6-5-7-10-19)24-23(26)11-8-16-25(30(4,27)28)20-12-14-21(29-3)15-13-20/h5-7,9-10,12-15,18,22H,8,11,16-17H2,1-4H3,(H,24,26)/t22-/m1/s1. The third kappa shape index (κ3) is 7.37. The van der Waals surface area contributed by atoms with Crippen LogP contribution in [0, 0.1) is 5.92 Å². The summed E-state index contributed by atoms with van der Waals surface area (Å²) in [5, 5.41) is 3.11. The van der Waals surface area contributed by atoms with Gasteiger partial charge in [0.2, 0.25) is 15.9 Å². The van der Waals surface area contributed by atoms with Gasteiger partial charge >= 0.3 is 0 Å². The van der Waals surface area contributed by atoms with Crippen LogP contribution >= 0.6 is 0 Å². The van der Waals surface area contributed by atoms with Gasteiger partial charge in [0.1, 0.15) is 5.75 Å². The number of carbonyl (C=O) groups excluding carboxylic acids is 1. The molecule has 7 heteroatoms. The zero-order chi connectivity index (χ0) is 22.1. The fourth-order valence-electron chi connectivity index (χ4n) is 3.32. The van der Waals surface area contributed by atoms with Gasteiger partial charge in [-0.25, -0.2) is 8.42 Å². The minimum absolute atomic E-state index is 0.0497. The number of amides is 1. The Morgan fingerprint density at radius 1 is 1.07 bits per heavy atom. The molecule has 0 aromatic heterocycles. The van der Waals surface area contributed by atoms with Gasteiger partial charge in [-0.3, -0.25) is 9.10 Å². The summed E-state index contributed by atoms with van der Waals surface area (Å²) in [6.07, 6.45) is 2.69. The van der Waals surface area contributed by atoms with Crippen LogP contribution in [0.25, 0.3) is 0 Å². The molecular formula is C23H32N2O4S. The molecule has 0 spiro atoms. The number of ether oxygens (including phenoxy) is 1. The smallest absolute Gasteiger partial charge is 0.232 e. The average molecular weight is 433 g/mol. The van der Waals surface area contributed by atoms with E-state index >= 15 is 0 Å². The number of nitrogens with zero attached hydrogens (tertiary/aromatic N) is 1. The second kappa shape index (κ2) is 11.0. The molecule has 1 N–H and O–H groups in total. The molecule has 0 unspecified atom stereocenters. The van der Waals surface area contributed by atoms with Crippen molar-refractivity contribution in [3.8, 4) is 5.75 Å². The normalized spacial score (nSPS) is 12.4. The minimum atomic E-state index is -3.46. The number of anilines is 1. The molecule has 0 aliphatic carbocycles. The van der Waals surface area contributed by atoms with E-state index in [0.29, 0.717) is 23.8 Å². The van der Waals surface area contributed by atoms with Crippen molar-refractivity contribution in [3.05, 3.63) is 60.2 Å². The monoisotopic (exact) mass is 432 g/mol. The van der Waals surface area contributed by atoms with Gasteiger partial charge in [0, 0.05) is 13.0 Å². The van der Waals surface area contributed by atoms with Gasteiger partial charge < -0.3 is 10.1 Å². The first kappa shape index (κ1) is 23.7. The highest BCUT2D eigenvalue weighted by molar-refractivity contribution is 7.92. The van der Waals surface area contributed by atoms with Gasteiger partial charge in [-0.05, 0) is 48.6 Å². The summed E-state index contributed by atoms with van der Waals surface area (Å²) in [6.45, 7) is 4.49. The van der Waals surface area contributed by atoms with Crippen LogP contribution in [0.5, 0.6) is 5.75 Å². The van der Waals surface area contributed by atoms with Gasteiger partial charge in [0.25, 0.3) is 0 Å². The Hall–Kier alpha value is -2.54. The molecule has 0 bridgehead atoms. The molecule has 0 fully saturated rings. The second-order valence-electron chi connectivity index (χ2n) is 7.80. The summed E-state index contributed by atoms with van der Waals surface area (Å²) in [7, 11) is -1.90. The highest BCUT2D eigenvalue weighted by Crippen LogP contribution is 2.23. The highest BCUT2D eigenvalue weighted by Gasteiger charge is 2.19. The molecule has 0 aliphatic heterocycles. The molecule has 0 aliphatic rings. The van der Waals surface area contributed by atoms with E-state index in [1.807, 2.05) is 30.3 Å². The topological polar surface area (TPSA) is 75.7 Å². The van der Waals surface area contributed by atoms with E-state index < -0.39 is 10.0 Å². The Bertz CT molecular complexity index is 897. The number of benzene rings is 2. The van der Waals surface area contributed by atoms with Gasteiger partial charge in [0.15, 0.2) is 0 Å². The van der Waals surface area contributed by atoms with E-state index in [1.54, 1.807) is 31.4 Å². The predicted molar refractivity (Wildman–Crippen MR) is 121 cm³/mol. The van der Waals surface area contributed by atoms with Crippen LogP contribution in [0.15, 0.2) is 54.6 Å². The van der Waals surface area contributed by atoms with Gasteiger partial charge in [0.05, 0.1) is 25.1 Å². The summed E-state index contributed by atoms with van der Waals surface area (Å²) in [6, 6.07) is 16.7. The molecule has 0 saturated carbocycles. The number of hydrogen-bond acceptors (Lipinski definition) is 4. The minimum Gasteiger partial charge on any atom is -0.497 e. The number of hydrogen-bond donors (Lipinski definition) is 1. The number of rotatable bonds is 11. The number of sulfonamides is 1. The lowest BCUT2D eigenvalue weighted by Crippen LogP contribution is -2.33. The van der Waals surface area contributed by atoms with E-state index in [1.165, 1.54) is 10.6 Å². The first-order valence-corrected chi connectivity index (χ1v) is 12.0. The van der Waals surface area contributed by atoms with Gasteiger partial charge in [-0.15, -0.1) is 0 Å². The number of carbonyl (C=O) groups is 1. The van der Waals surface area contributed by atoms with E-state index in [-0.39, 0.29) is 24.9 Å². The van der Waals surface area contributed by atoms with Crippen molar-refractivity contribution in [3.63, 3.8) is 0 Å². The molecule has 2 aromatic rings. The maximum atomic E-state index is 12.6. The van der Waals surface area contributed by atoms with E-state index in [4.69, 9.17) is 4.74 Å². The molecule has 0 heterocycles. The molecular weight excluding hydrogens is 400 g/mol. The largest absolute Gasteiger partial charge is 0.497 e. The van der Waals surface area contributed by atoms with Crippen molar-refractivity contribution in [2.45, 2.75) is 39.2 Å².